The van der Waals surface area contributed by atoms with Crippen molar-refractivity contribution in [1.29, 1.82) is 0 Å². The average Bonchev–Trinajstić information content (AvgIpc) is 2.99. The van der Waals surface area contributed by atoms with Gasteiger partial charge in [-0.1, -0.05) is 36.2 Å². The summed E-state index contributed by atoms with van der Waals surface area (Å²) in [5.41, 5.74) is -0.173. The second-order valence-corrected chi connectivity index (χ2v) is 5.61. The fraction of sp³-hybridized carbons (Fsp3) is 0.333. The lowest BCUT2D eigenvalue weighted by Gasteiger charge is -2.31. The second kappa shape index (κ2) is 6.60. The van der Waals surface area contributed by atoms with Crippen LogP contribution >= 0.6 is 23.2 Å². The summed E-state index contributed by atoms with van der Waals surface area (Å²) in [6.07, 6.45) is 5.20. The molecule has 112 valence electrons. The average molecular weight is 327 g/mol. The van der Waals surface area contributed by atoms with Gasteiger partial charge in [-0.25, -0.2) is 4.98 Å². The molecule has 21 heavy (non-hydrogen) atoms. The first-order chi connectivity index (χ1) is 10.0. The van der Waals surface area contributed by atoms with Gasteiger partial charge in [0.2, 0.25) is 5.91 Å². The van der Waals surface area contributed by atoms with Crippen LogP contribution in [0.1, 0.15) is 23.7 Å². The van der Waals surface area contributed by atoms with Crippen LogP contribution in [0.2, 0.25) is 10.0 Å². The molecule has 0 aliphatic carbocycles. The summed E-state index contributed by atoms with van der Waals surface area (Å²) >= 11 is 12.3. The minimum Gasteiger partial charge on any atom is -0.383 e. The maximum absolute atomic E-state index is 12.9. The van der Waals surface area contributed by atoms with E-state index in [9.17, 15) is 4.79 Å². The Morgan fingerprint density at radius 3 is 2.71 bits per heavy atom. The van der Waals surface area contributed by atoms with Crippen molar-refractivity contribution < 1.29 is 9.53 Å². The second-order valence-electron chi connectivity index (χ2n) is 4.77. The summed E-state index contributed by atoms with van der Waals surface area (Å²) in [5, 5.41) is 0.983. The lowest BCUT2D eigenvalue weighted by molar-refractivity contribution is 0.0630. The molecule has 0 aliphatic rings. The molecule has 0 bridgehead atoms. The van der Waals surface area contributed by atoms with E-state index in [-0.39, 0.29) is 12.5 Å². The minimum atomic E-state index is -0.878. The number of ether oxygens (including phenoxy) is 1. The van der Waals surface area contributed by atoms with E-state index in [1.807, 2.05) is 6.92 Å². The van der Waals surface area contributed by atoms with E-state index in [0.717, 1.165) is 0 Å². The molecule has 0 N–H and O–H groups in total. The highest BCUT2D eigenvalue weighted by Gasteiger charge is 2.41. The third-order valence-electron chi connectivity index (χ3n) is 3.59. The molecule has 0 amide bonds. The van der Waals surface area contributed by atoms with E-state index >= 15 is 0 Å². The zero-order valence-corrected chi connectivity index (χ0v) is 13.4. The smallest absolute Gasteiger partial charge is 0.244 e. The summed E-state index contributed by atoms with van der Waals surface area (Å²) in [6.45, 7) is 2.15. The van der Waals surface area contributed by atoms with E-state index in [2.05, 4.69) is 4.98 Å². The van der Waals surface area contributed by atoms with Crippen molar-refractivity contribution in [2.75, 3.05) is 13.7 Å². The van der Waals surface area contributed by atoms with Crippen LogP contribution in [0.4, 0.5) is 0 Å². The molecule has 4 nitrogen and oxygen atoms in total. The van der Waals surface area contributed by atoms with Crippen molar-refractivity contribution in [1.82, 2.24) is 9.55 Å². The SMILES string of the molecule is CCC(COC)(C(=O)n1ccnc1)c1ccc(Cl)cc1Cl. The Hall–Kier alpha value is -1.36. The van der Waals surface area contributed by atoms with Crippen LogP contribution in [0.5, 0.6) is 0 Å². The molecule has 1 aromatic heterocycles. The summed E-state index contributed by atoms with van der Waals surface area (Å²) in [6, 6.07) is 5.14. The van der Waals surface area contributed by atoms with E-state index in [1.165, 1.54) is 10.9 Å². The predicted octanol–water partition coefficient (Wildman–Crippen LogP) is 3.82. The summed E-state index contributed by atoms with van der Waals surface area (Å²) in [5.74, 6) is -0.131. The molecule has 6 heteroatoms. The first kappa shape index (κ1) is 16.0. The Bertz CT molecular complexity index is 629. The lowest BCUT2D eigenvalue weighted by Crippen LogP contribution is -2.43. The Kier molecular flexibility index (Phi) is 5.04. The van der Waals surface area contributed by atoms with E-state index in [1.54, 1.807) is 37.7 Å². The molecule has 1 atom stereocenters. The van der Waals surface area contributed by atoms with Gasteiger partial charge in [-0.05, 0) is 24.1 Å². The van der Waals surface area contributed by atoms with Crippen molar-refractivity contribution in [3.8, 4) is 0 Å². The number of carbonyl (C=O) groups excluding carboxylic acids is 1. The molecule has 1 unspecified atom stereocenters. The van der Waals surface area contributed by atoms with E-state index < -0.39 is 5.41 Å². The molecule has 0 aliphatic heterocycles. The standard InChI is InChI=1S/C15H16Cl2N2O2/c1-3-15(9-21-2,14(20)19-7-6-18-10-19)12-5-4-11(16)8-13(12)17/h4-8,10H,3,9H2,1-2H3. The fourth-order valence-corrected chi connectivity index (χ4v) is 3.04. The zero-order chi connectivity index (χ0) is 15.5. The van der Waals surface area contributed by atoms with Crippen LogP contribution in [0.25, 0.3) is 0 Å². The van der Waals surface area contributed by atoms with Crippen molar-refractivity contribution in [2.45, 2.75) is 18.8 Å². The van der Waals surface area contributed by atoms with E-state index in [4.69, 9.17) is 27.9 Å². The molecule has 2 rings (SSSR count). The topological polar surface area (TPSA) is 44.1 Å². The Labute approximate surface area is 133 Å². The molecule has 0 radical (unpaired) electrons. The number of rotatable bonds is 5. The monoisotopic (exact) mass is 326 g/mol. The highest BCUT2D eigenvalue weighted by Crippen LogP contribution is 2.36. The molecular weight excluding hydrogens is 311 g/mol. The van der Waals surface area contributed by atoms with Gasteiger partial charge in [0.25, 0.3) is 0 Å². The number of imidazole rings is 1. The van der Waals surface area contributed by atoms with Crippen molar-refractivity contribution >= 4 is 29.1 Å². The molecule has 0 fully saturated rings. The van der Waals surface area contributed by atoms with Crippen LogP contribution in [-0.4, -0.2) is 29.2 Å². The fourth-order valence-electron chi connectivity index (χ4n) is 2.45. The lowest BCUT2D eigenvalue weighted by atomic mass is 9.77. The van der Waals surface area contributed by atoms with Crippen LogP contribution in [-0.2, 0) is 10.2 Å². The summed E-state index contributed by atoms with van der Waals surface area (Å²) in [7, 11) is 1.56. The number of nitrogens with zero attached hydrogens (tertiary/aromatic N) is 2. The Morgan fingerprint density at radius 1 is 1.43 bits per heavy atom. The number of aromatic nitrogens is 2. The molecule has 0 saturated heterocycles. The highest BCUT2D eigenvalue weighted by molar-refractivity contribution is 6.35. The first-order valence-corrected chi connectivity index (χ1v) is 7.28. The van der Waals surface area contributed by atoms with Gasteiger partial charge in [-0.2, -0.15) is 0 Å². The normalized spacial score (nSPS) is 13.9. The molecular formula is C15H16Cl2N2O2. The molecule has 2 aromatic rings. The maximum Gasteiger partial charge on any atom is 0.244 e. The third-order valence-corrected chi connectivity index (χ3v) is 4.14. The minimum absolute atomic E-state index is 0.131. The van der Waals surface area contributed by atoms with Gasteiger partial charge in [0.15, 0.2) is 0 Å². The first-order valence-electron chi connectivity index (χ1n) is 6.52. The maximum atomic E-state index is 12.9. The number of hydrogen-bond donors (Lipinski definition) is 0. The number of methoxy groups -OCH3 is 1. The number of benzene rings is 1. The largest absolute Gasteiger partial charge is 0.383 e. The van der Waals surface area contributed by atoms with Crippen LogP contribution < -0.4 is 0 Å². The van der Waals surface area contributed by atoms with Gasteiger partial charge in [0, 0.05) is 29.5 Å². The van der Waals surface area contributed by atoms with Gasteiger partial charge in [0.05, 0.1) is 12.0 Å². The number of hydrogen-bond acceptors (Lipinski definition) is 3. The molecule has 0 saturated carbocycles. The third kappa shape index (κ3) is 2.98. The molecule has 1 aromatic carbocycles. The highest BCUT2D eigenvalue weighted by atomic mass is 35.5. The Balaban J connectivity index is 2.58. The Morgan fingerprint density at radius 2 is 2.19 bits per heavy atom. The van der Waals surface area contributed by atoms with Gasteiger partial charge >= 0.3 is 0 Å². The van der Waals surface area contributed by atoms with Gasteiger partial charge in [-0.3, -0.25) is 9.36 Å². The summed E-state index contributed by atoms with van der Waals surface area (Å²) < 4.78 is 6.76. The molecule has 0 spiro atoms. The van der Waals surface area contributed by atoms with Gasteiger partial charge in [0.1, 0.15) is 6.33 Å². The van der Waals surface area contributed by atoms with Crippen molar-refractivity contribution in [2.24, 2.45) is 0 Å². The van der Waals surface area contributed by atoms with Crippen molar-refractivity contribution in [3.63, 3.8) is 0 Å². The van der Waals surface area contributed by atoms with Crippen molar-refractivity contribution in [3.05, 3.63) is 52.5 Å². The van der Waals surface area contributed by atoms with E-state index in [0.29, 0.717) is 22.0 Å². The summed E-state index contributed by atoms with van der Waals surface area (Å²) in [4.78, 5) is 16.9. The molecule has 1 heterocycles. The van der Waals surface area contributed by atoms with Crippen LogP contribution in [0.15, 0.2) is 36.9 Å². The van der Waals surface area contributed by atoms with Crippen LogP contribution in [0.3, 0.4) is 0 Å². The predicted molar refractivity (Wildman–Crippen MR) is 83.2 cm³/mol. The number of halogens is 2. The zero-order valence-electron chi connectivity index (χ0n) is 11.8. The quantitative estimate of drug-likeness (QED) is 0.838. The van der Waals surface area contributed by atoms with Crippen LogP contribution in [0, 0.1) is 0 Å². The van der Waals surface area contributed by atoms with Gasteiger partial charge in [-0.15, -0.1) is 0 Å². The number of carbonyl (C=O) groups is 1. The van der Waals surface area contributed by atoms with Gasteiger partial charge < -0.3 is 4.74 Å².